The van der Waals surface area contributed by atoms with Crippen molar-refractivity contribution in [1.29, 1.82) is 0 Å². The molecule has 3 N–H and O–H groups in total. The lowest BCUT2D eigenvalue weighted by atomic mass is 10.0. The van der Waals surface area contributed by atoms with Gasteiger partial charge < -0.3 is 10.5 Å². The second kappa shape index (κ2) is 8.81. The fourth-order valence-electron chi connectivity index (χ4n) is 2.52. The van der Waals surface area contributed by atoms with Gasteiger partial charge >= 0.3 is 0 Å². The smallest absolute Gasteiger partial charge is 0.135 e. The van der Waals surface area contributed by atoms with E-state index in [-0.39, 0.29) is 0 Å². The number of hydrogen-bond acceptors (Lipinski definition) is 2. The number of rotatable bonds is 6. The van der Waals surface area contributed by atoms with Gasteiger partial charge in [-0.05, 0) is 23.8 Å². The molecule has 0 spiro atoms. The monoisotopic (exact) mass is 331 g/mol. The normalized spacial score (nSPS) is 14.0. The third-order valence-electron chi connectivity index (χ3n) is 3.84. The van der Waals surface area contributed by atoms with Crippen LogP contribution in [0.3, 0.4) is 0 Å². The number of hydrogen-bond donors (Lipinski definition) is 1. The van der Waals surface area contributed by atoms with Crippen molar-refractivity contribution in [2.45, 2.75) is 6.42 Å². The van der Waals surface area contributed by atoms with E-state index in [1.807, 2.05) is 48.7 Å². The number of benzene rings is 2. The van der Waals surface area contributed by atoms with Crippen LogP contribution < -0.4 is 5.73 Å². The molecule has 2 aromatic rings. The fraction of sp³-hybridized carbons (Fsp3) is 0.136. The van der Waals surface area contributed by atoms with Crippen molar-refractivity contribution >= 4 is 17.7 Å². The van der Waals surface area contributed by atoms with Gasteiger partial charge in [0.15, 0.2) is 0 Å². The molecule has 0 saturated carbocycles. The SMILES string of the molecule is [NH3+]CCCN=CC=C1C=C(c2ccccc2)OC(c2ccccc2)=C1. The molecule has 0 radical (unpaired) electrons. The quantitative estimate of drug-likeness (QED) is 0.636. The lowest BCUT2D eigenvalue weighted by Crippen LogP contribution is -2.50. The molecule has 0 unspecified atom stereocenters. The average molecular weight is 331 g/mol. The van der Waals surface area contributed by atoms with Crippen LogP contribution in [0.5, 0.6) is 0 Å². The van der Waals surface area contributed by atoms with Gasteiger partial charge in [-0.2, -0.15) is 0 Å². The molecular weight excluding hydrogens is 308 g/mol. The Morgan fingerprint density at radius 2 is 1.40 bits per heavy atom. The predicted octanol–water partition coefficient (Wildman–Crippen LogP) is 3.73. The molecule has 3 nitrogen and oxygen atoms in total. The van der Waals surface area contributed by atoms with E-state index in [9.17, 15) is 0 Å². The van der Waals surface area contributed by atoms with E-state index >= 15 is 0 Å². The molecule has 3 heteroatoms. The number of aliphatic imine (C=N–C) groups is 1. The number of allylic oxidation sites excluding steroid dienone is 4. The van der Waals surface area contributed by atoms with E-state index in [1.165, 1.54) is 0 Å². The topological polar surface area (TPSA) is 49.2 Å². The Morgan fingerprint density at radius 3 is 1.92 bits per heavy atom. The first kappa shape index (κ1) is 16.9. The van der Waals surface area contributed by atoms with Crippen LogP contribution in [0.1, 0.15) is 17.5 Å². The molecular formula is C22H23N2O+. The minimum atomic E-state index is 0.814. The number of quaternary nitrogens is 1. The summed E-state index contributed by atoms with van der Waals surface area (Å²) in [4.78, 5) is 4.41. The Labute approximate surface area is 148 Å². The molecule has 25 heavy (non-hydrogen) atoms. The van der Waals surface area contributed by atoms with E-state index in [1.54, 1.807) is 0 Å². The van der Waals surface area contributed by atoms with Gasteiger partial charge in [0.1, 0.15) is 11.5 Å². The summed E-state index contributed by atoms with van der Waals surface area (Å²) < 4.78 is 6.16. The van der Waals surface area contributed by atoms with Crippen LogP contribution in [0.2, 0.25) is 0 Å². The van der Waals surface area contributed by atoms with Crippen molar-refractivity contribution in [2.75, 3.05) is 13.1 Å². The standard InChI is InChI=1S/C22H22N2O/c23-13-7-14-24-15-12-18-16-21(19-8-3-1-4-9-19)25-22(17-18)20-10-5-2-6-11-20/h1-6,8-12,15-17H,7,13-14,23H2/p+1. The van der Waals surface area contributed by atoms with Crippen molar-refractivity contribution in [3.8, 4) is 0 Å². The van der Waals surface area contributed by atoms with Gasteiger partial charge in [-0.3, -0.25) is 4.99 Å². The average Bonchev–Trinajstić information content (AvgIpc) is 2.69. The largest absolute Gasteiger partial charge is 0.456 e. The highest BCUT2D eigenvalue weighted by Gasteiger charge is 2.14. The summed E-state index contributed by atoms with van der Waals surface area (Å²) in [6.45, 7) is 1.73. The van der Waals surface area contributed by atoms with E-state index in [0.717, 1.165) is 47.7 Å². The van der Waals surface area contributed by atoms with Crippen molar-refractivity contribution in [3.05, 3.63) is 95.6 Å². The molecule has 0 amide bonds. The summed E-state index contributed by atoms with van der Waals surface area (Å²) in [7, 11) is 0. The van der Waals surface area contributed by atoms with Gasteiger partial charge in [0, 0.05) is 30.3 Å². The van der Waals surface area contributed by atoms with E-state index in [4.69, 9.17) is 4.74 Å². The predicted molar refractivity (Wildman–Crippen MR) is 104 cm³/mol. The van der Waals surface area contributed by atoms with Crippen LogP contribution in [0.15, 0.2) is 89.5 Å². The van der Waals surface area contributed by atoms with Crippen LogP contribution in [-0.4, -0.2) is 19.3 Å². The van der Waals surface area contributed by atoms with Crippen molar-refractivity contribution in [2.24, 2.45) is 4.99 Å². The summed E-state index contributed by atoms with van der Waals surface area (Å²) in [5.74, 6) is 1.69. The fourth-order valence-corrected chi connectivity index (χ4v) is 2.52. The highest BCUT2D eigenvalue weighted by molar-refractivity contribution is 5.82. The van der Waals surface area contributed by atoms with Gasteiger partial charge in [-0.15, -0.1) is 0 Å². The zero-order chi connectivity index (χ0) is 17.3. The Kier molecular flexibility index (Phi) is 5.96. The Hall–Kier alpha value is -2.91. The van der Waals surface area contributed by atoms with Gasteiger partial charge in [0.2, 0.25) is 0 Å². The van der Waals surface area contributed by atoms with Crippen molar-refractivity contribution in [1.82, 2.24) is 0 Å². The van der Waals surface area contributed by atoms with Crippen LogP contribution in [0.4, 0.5) is 0 Å². The Bertz CT molecular complexity index is 745. The molecule has 3 rings (SSSR count). The van der Waals surface area contributed by atoms with E-state index < -0.39 is 0 Å². The van der Waals surface area contributed by atoms with Crippen molar-refractivity contribution in [3.63, 3.8) is 0 Å². The maximum atomic E-state index is 6.16. The molecule has 0 bridgehead atoms. The van der Waals surface area contributed by atoms with Crippen LogP contribution in [-0.2, 0) is 4.74 Å². The van der Waals surface area contributed by atoms with Gasteiger partial charge in [-0.1, -0.05) is 60.7 Å². The zero-order valence-corrected chi connectivity index (χ0v) is 14.3. The van der Waals surface area contributed by atoms with Gasteiger partial charge in [0.05, 0.1) is 6.54 Å². The second-order valence-corrected chi connectivity index (χ2v) is 5.78. The maximum absolute atomic E-state index is 6.16. The third-order valence-corrected chi connectivity index (χ3v) is 3.84. The van der Waals surface area contributed by atoms with Crippen LogP contribution in [0, 0.1) is 0 Å². The molecule has 0 atom stereocenters. The first-order valence-electron chi connectivity index (χ1n) is 8.58. The summed E-state index contributed by atoms with van der Waals surface area (Å²) in [6, 6.07) is 20.3. The highest BCUT2D eigenvalue weighted by Crippen LogP contribution is 2.31. The Balaban J connectivity index is 1.90. The van der Waals surface area contributed by atoms with Gasteiger partial charge in [0.25, 0.3) is 0 Å². The first-order valence-corrected chi connectivity index (χ1v) is 8.58. The molecule has 0 aromatic heterocycles. The summed E-state index contributed by atoms with van der Waals surface area (Å²) in [5, 5.41) is 0. The molecule has 0 fully saturated rings. The summed E-state index contributed by atoms with van der Waals surface area (Å²) >= 11 is 0. The molecule has 0 saturated heterocycles. The van der Waals surface area contributed by atoms with Crippen molar-refractivity contribution < 1.29 is 10.5 Å². The first-order chi connectivity index (χ1) is 12.4. The molecule has 0 aliphatic carbocycles. The molecule has 1 heterocycles. The number of ether oxygens (including phenoxy) is 1. The zero-order valence-electron chi connectivity index (χ0n) is 14.3. The second-order valence-electron chi connectivity index (χ2n) is 5.78. The number of nitrogens with zero attached hydrogens (tertiary/aromatic N) is 1. The van der Waals surface area contributed by atoms with E-state index in [2.05, 4.69) is 47.1 Å². The third kappa shape index (κ3) is 4.78. The van der Waals surface area contributed by atoms with Crippen LogP contribution in [0.25, 0.3) is 11.5 Å². The minimum absolute atomic E-state index is 0.814. The highest BCUT2D eigenvalue weighted by atomic mass is 16.5. The molecule has 1 aliphatic rings. The summed E-state index contributed by atoms with van der Waals surface area (Å²) in [6.07, 6.45) is 9.01. The molecule has 126 valence electrons. The molecule has 2 aromatic carbocycles. The maximum Gasteiger partial charge on any atom is 0.135 e. The lowest BCUT2D eigenvalue weighted by molar-refractivity contribution is -0.367. The minimum Gasteiger partial charge on any atom is -0.456 e. The Morgan fingerprint density at radius 1 is 0.840 bits per heavy atom. The van der Waals surface area contributed by atoms with Crippen LogP contribution >= 0.6 is 0 Å². The van der Waals surface area contributed by atoms with E-state index in [0.29, 0.717) is 0 Å². The molecule has 1 aliphatic heterocycles. The summed E-state index contributed by atoms with van der Waals surface area (Å²) in [5.41, 5.74) is 7.03. The lowest BCUT2D eigenvalue weighted by Gasteiger charge is -2.18. The van der Waals surface area contributed by atoms with Gasteiger partial charge in [-0.25, -0.2) is 0 Å².